The van der Waals surface area contributed by atoms with Crippen LogP contribution in [0.5, 0.6) is 0 Å². The third kappa shape index (κ3) is 5.08. The van der Waals surface area contributed by atoms with Gasteiger partial charge in [0.25, 0.3) is 0 Å². The SMILES string of the molecule is CC(C)[C@H](CC(=O)N1CCC[C@H]1CC(=O)O)NC(=O)OCC1c2ccccc2-c2ccccc21. The number of carboxylic acids is 1. The Morgan fingerprint density at radius 2 is 1.68 bits per heavy atom. The van der Waals surface area contributed by atoms with E-state index >= 15 is 0 Å². The number of hydrogen-bond donors (Lipinski definition) is 2. The molecule has 2 amide bonds. The Bertz CT molecular complexity index is 1020. The van der Waals surface area contributed by atoms with Crippen LogP contribution in [-0.2, 0) is 14.3 Å². The number of ether oxygens (including phenoxy) is 1. The van der Waals surface area contributed by atoms with Gasteiger partial charge in [-0.1, -0.05) is 62.4 Å². The molecule has 2 aromatic carbocycles. The number of likely N-dealkylation sites (tertiary alicyclic amines) is 1. The number of nitrogens with one attached hydrogen (secondary N) is 1. The zero-order valence-electron chi connectivity index (χ0n) is 19.7. The van der Waals surface area contributed by atoms with Crippen LogP contribution >= 0.6 is 0 Å². The molecule has 1 aliphatic carbocycles. The Hall–Kier alpha value is -3.35. The summed E-state index contributed by atoms with van der Waals surface area (Å²) in [6.07, 6.45) is 1.03. The number of carbonyl (C=O) groups excluding carboxylic acids is 2. The van der Waals surface area contributed by atoms with E-state index in [0.29, 0.717) is 13.0 Å². The fourth-order valence-electron chi connectivity index (χ4n) is 5.13. The lowest BCUT2D eigenvalue weighted by Gasteiger charge is -2.28. The van der Waals surface area contributed by atoms with E-state index < -0.39 is 18.1 Å². The maximum absolute atomic E-state index is 12.9. The van der Waals surface area contributed by atoms with Gasteiger partial charge in [0, 0.05) is 31.0 Å². The number of rotatable bonds is 8. The van der Waals surface area contributed by atoms with Crippen LogP contribution in [0.3, 0.4) is 0 Å². The molecule has 1 saturated heterocycles. The molecule has 7 heteroatoms. The van der Waals surface area contributed by atoms with E-state index in [2.05, 4.69) is 29.6 Å². The van der Waals surface area contributed by atoms with Crippen molar-refractivity contribution in [3.05, 3.63) is 59.7 Å². The van der Waals surface area contributed by atoms with Crippen molar-refractivity contribution in [1.29, 1.82) is 0 Å². The van der Waals surface area contributed by atoms with Crippen molar-refractivity contribution in [2.45, 2.75) is 57.5 Å². The van der Waals surface area contributed by atoms with Crippen LogP contribution in [0, 0.1) is 5.92 Å². The molecule has 2 atom stereocenters. The molecule has 4 rings (SSSR count). The lowest BCUT2D eigenvalue weighted by molar-refractivity contribution is -0.140. The minimum atomic E-state index is -0.901. The summed E-state index contributed by atoms with van der Waals surface area (Å²) in [6, 6.07) is 15.7. The second-order valence-corrected chi connectivity index (χ2v) is 9.51. The second-order valence-electron chi connectivity index (χ2n) is 9.51. The van der Waals surface area contributed by atoms with Crippen molar-refractivity contribution >= 4 is 18.0 Å². The maximum Gasteiger partial charge on any atom is 0.407 e. The van der Waals surface area contributed by atoms with Gasteiger partial charge in [-0.25, -0.2) is 4.79 Å². The predicted octanol–water partition coefficient (Wildman–Crippen LogP) is 4.41. The molecule has 0 aromatic heterocycles. The summed E-state index contributed by atoms with van der Waals surface area (Å²) in [7, 11) is 0. The fraction of sp³-hybridized carbons (Fsp3) is 0.444. The van der Waals surface area contributed by atoms with Gasteiger partial charge in [-0.05, 0) is 41.0 Å². The molecule has 0 saturated carbocycles. The van der Waals surface area contributed by atoms with Gasteiger partial charge in [0.2, 0.25) is 5.91 Å². The normalized spacial score (nSPS) is 17.9. The first-order chi connectivity index (χ1) is 16.3. The maximum atomic E-state index is 12.9. The number of amides is 2. The molecule has 0 spiro atoms. The average molecular weight is 465 g/mol. The molecular formula is C27H32N2O5. The predicted molar refractivity (Wildman–Crippen MR) is 128 cm³/mol. The minimum absolute atomic E-state index is 0.0185. The van der Waals surface area contributed by atoms with Crippen molar-refractivity contribution in [1.82, 2.24) is 10.2 Å². The molecular weight excluding hydrogens is 432 g/mol. The highest BCUT2D eigenvalue weighted by atomic mass is 16.5. The number of carboxylic acid groups (broad SMARTS) is 1. The molecule has 1 fully saturated rings. The van der Waals surface area contributed by atoms with Crippen LogP contribution < -0.4 is 5.32 Å². The van der Waals surface area contributed by atoms with Crippen LogP contribution in [0.15, 0.2) is 48.5 Å². The van der Waals surface area contributed by atoms with Crippen LogP contribution in [-0.4, -0.2) is 53.2 Å². The first-order valence-electron chi connectivity index (χ1n) is 12.0. The minimum Gasteiger partial charge on any atom is -0.481 e. The van der Waals surface area contributed by atoms with Crippen LogP contribution in [0.25, 0.3) is 11.1 Å². The van der Waals surface area contributed by atoms with E-state index in [1.54, 1.807) is 4.90 Å². The topological polar surface area (TPSA) is 95.9 Å². The average Bonchev–Trinajstić information content (AvgIpc) is 3.39. The quantitative estimate of drug-likeness (QED) is 0.604. The molecule has 34 heavy (non-hydrogen) atoms. The molecule has 2 aromatic rings. The zero-order chi connectivity index (χ0) is 24.2. The smallest absolute Gasteiger partial charge is 0.407 e. The van der Waals surface area contributed by atoms with Crippen LogP contribution in [0.1, 0.15) is 56.6 Å². The molecule has 0 unspecified atom stereocenters. The lowest BCUT2D eigenvalue weighted by Crippen LogP contribution is -2.45. The number of alkyl carbamates (subject to hydrolysis) is 1. The molecule has 7 nitrogen and oxygen atoms in total. The van der Waals surface area contributed by atoms with E-state index in [1.807, 2.05) is 38.1 Å². The van der Waals surface area contributed by atoms with Crippen molar-refractivity contribution in [3.8, 4) is 11.1 Å². The summed E-state index contributed by atoms with van der Waals surface area (Å²) >= 11 is 0. The number of aliphatic carboxylic acids is 1. The summed E-state index contributed by atoms with van der Waals surface area (Å²) in [5, 5.41) is 12.0. The first kappa shape index (κ1) is 23.8. The summed E-state index contributed by atoms with van der Waals surface area (Å²) < 4.78 is 5.65. The number of nitrogens with zero attached hydrogens (tertiary/aromatic N) is 1. The molecule has 2 N–H and O–H groups in total. The lowest BCUT2D eigenvalue weighted by atomic mass is 9.98. The van der Waals surface area contributed by atoms with E-state index in [4.69, 9.17) is 9.84 Å². The Morgan fingerprint density at radius 1 is 1.06 bits per heavy atom. The molecule has 0 radical (unpaired) electrons. The third-order valence-corrected chi connectivity index (χ3v) is 6.95. The van der Waals surface area contributed by atoms with Gasteiger partial charge in [-0.3, -0.25) is 9.59 Å². The Balaban J connectivity index is 1.37. The van der Waals surface area contributed by atoms with Crippen molar-refractivity contribution in [3.63, 3.8) is 0 Å². The Morgan fingerprint density at radius 3 is 2.26 bits per heavy atom. The van der Waals surface area contributed by atoms with Gasteiger partial charge in [-0.2, -0.15) is 0 Å². The van der Waals surface area contributed by atoms with Crippen LogP contribution in [0.4, 0.5) is 4.79 Å². The van der Waals surface area contributed by atoms with Gasteiger partial charge in [0.1, 0.15) is 6.61 Å². The molecule has 2 aliphatic rings. The molecule has 1 aliphatic heterocycles. The Labute approximate surface area is 200 Å². The Kier molecular flexibility index (Phi) is 7.20. The molecule has 1 heterocycles. The monoisotopic (exact) mass is 464 g/mol. The van der Waals surface area contributed by atoms with Gasteiger partial charge in [0.05, 0.1) is 6.42 Å². The number of hydrogen-bond acceptors (Lipinski definition) is 4. The van der Waals surface area contributed by atoms with E-state index in [9.17, 15) is 14.4 Å². The van der Waals surface area contributed by atoms with E-state index in [1.165, 1.54) is 11.1 Å². The zero-order valence-corrected chi connectivity index (χ0v) is 19.7. The number of fused-ring (bicyclic) bond motifs is 3. The standard InChI is InChI=1S/C27H32N2O5/c1-17(2)24(15-25(30)29-13-7-8-18(29)14-26(31)32)28-27(33)34-16-23-21-11-5-3-9-19(21)20-10-4-6-12-22(20)23/h3-6,9-12,17-18,23-24H,7-8,13-16H2,1-2H3,(H,28,33)(H,31,32)/t18-,24-/m0/s1. The summed E-state index contributed by atoms with van der Waals surface area (Å²) in [4.78, 5) is 38.4. The van der Waals surface area contributed by atoms with Crippen molar-refractivity contribution in [2.75, 3.05) is 13.2 Å². The van der Waals surface area contributed by atoms with Gasteiger partial charge >= 0.3 is 12.1 Å². The van der Waals surface area contributed by atoms with Crippen molar-refractivity contribution in [2.24, 2.45) is 5.92 Å². The first-order valence-corrected chi connectivity index (χ1v) is 12.0. The summed E-state index contributed by atoms with van der Waals surface area (Å²) in [5.74, 6) is -1.04. The van der Waals surface area contributed by atoms with Gasteiger partial charge in [0.15, 0.2) is 0 Å². The van der Waals surface area contributed by atoms with Crippen LogP contribution in [0.2, 0.25) is 0 Å². The van der Waals surface area contributed by atoms with E-state index in [0.717, 1.165) is 17.5 Å². The van der Waals surface area contributed by atoms with Gasteiger partial charge in [-0.15, -0.1) is 0 Å². The summed E-state index contributed by atoms with van der Waals surface area (Å²) in [5.41, 5.74) is 4.62. The number of benzene rings is 2. The van der Waals surface area contributed by atoms with E-state index in [-0.39, 0.29) is 43.2 Å². The highest BCUT2D eigenvalue weighted by Crippen LogP contribution is 2.44. The van der Waals surface area contributed by atoms with Gasteiger partial charge < -0.3 is 20.1 Å². The van der Waals surface area contributed by atoms with Crippen molar-refractivity contribution < 1.29 is 24.2 Å². The highest BCUT2D eigenvalue weighted by molar-refractivity contribution is 5.80. The number of carbonyl (C=O) groups is 3. The highest BCUT2D eigenvalue weighted by Gasteiger charge is 2.33. The molecule has 0 bridgehead atoms. The second kappa shape index (κ2) is 10.3. The largest absolute Gasteiger partial charge is 0.481 e. The third-order valence-electron chi connectivity index (χ3n) is 6.95. The fourth-order valence-corrected chi connectivity index (χ4v) is 5.13. The molecule has 180 valence electrons. The summed E-state index contributed by atoms with van der Waals surface area (Å²) in [6.45, 7) is 4.67.